The summed E-state index contributed by atoms with van der Waals surface area (Å²) in [6.45, 7) is 1.67. The number of hydrogen-bond donors (Lipinski definition) is 1. The fraction of sp³-hybridized carbons (Fsp3) is 0.467. The molecule has 1 aromatic rings. The number of nitroso groups, excluding NO2 is 1. The zero-order chi connectivity index (χ0) is 14.4. The van der Waals surface area contributed by atoms with E-state index in [1.54, 1.807) is 31.2 Å². The molecule has 0 radical (unpaired) electrons. The van der Waals surface area contributed by atoms with Crippen LogP contribution in [0.15, 0.2) is 36.5 Å². The Balaban J connectivity index is 2.11. The fourth-order valence-corrected chi connectivity index (χ4v) is 3.22. The summed E-state index contributed by atoms with van der Waals surface area (Å²) in [4.78, 5) is 12.4. The average molecular weight is 274 g/mol. The van der Waals surface area contributed by atoms with Crippen molar-refractivity contribution in [3.05, 3.63) is 52.2 Å². The van der Waals surface area contributed by atoms with E-state index in [2.05, 4.69) is 0 Å². The first-order valence-corrected chi connectivity index (χ1v) is 6.92. The lowest BCUT2D eigenvalue weighted by molar-refractivity contribution is -0.608. The third-order valence-corrected chi connectivity index (χ3v) is 4.65. The Morgan fingerprint density at radius 3 is 2.60 bits per heavy atom. The maximum absolute atomic E-state index is 12.7. The quantitative estimate of drug-likeness (QED) is 0.799. The van der Waals surface area contributed by atoms with Crippen LogP contribution in [0.2, 0.25) is 0 Å². The highest BCUT2D eigenvalue weighted by molar-refractivity contribution is 5.64. The Morgan fingerprint density at radius 2 is 1.90 bits per heavy atom. The third-order valence-electron chi connectivity index (χ3n) is 4.65. The molecule has 1 saturated carbocycles. The van der Waals surface area contributed by atoms with Crippen LogP contribution in [0, 0.1) is 10.1 Å². The summed E-state index contributed by atoms with van der Waals surface area (Å²) in [6.07, 6.45) is 3.74. The maximum atomic E-state index is 12.7. The molecule has 5 heteroatoms. The summed E-state index contributed by atoms with van der Waals surface area (Å²) in [5, 5.41) is 24.2. The first-order chi connectivity index (χ1) is 9.49. The van der Waals surface area contributed by atoms with E-state index in [0.717, 1.165) is 17.6 Å². The van der Waals surface area contributed by atoms with E-state index in [0.29, 0.717) is 23.5 Å². The summed E-state index contributed by atoms with van der Waals surface area (Å²) >= 11 is 0. The maximum Gasteiger partial charge on any atom is 0.260 e. The highest BCUT2D eigenvalue weighted by atomic mass is 16.5. The van der Waals surface area contributed by atoms with Gasteiger partial charge in [-0.25, -0.2) is 0 Å². The number of fused-ring (bicyclic) bond motifs is 1. The molecule has 0 amide bonds. The Kier molecular flexibility index (Phi) is 2.92. The largest absolute Gasteiger partial charge is 0.756 e. The molecule has 2 aliphatic rings. The van der Waals surface area contributed by atoms with Crippen molar-refractivity contribution in [2.75, 3.05) is 0 Å². The predicted molar refractivity (Wildman–Crippen MR) is 75.1 cm³/mol. The topological polar surface area (TPSA) is 66.6 Å². The molecule has 3 rings (SSSR count). The highest BCUT2D eigenvalue weighted by Crippen LogP contribution is 2.47. The molecule has 0 spiro atoms. The zero-order valence-corrected chi connectivity index (χ0v) is 11.5. The Bertz CT molecular complexity index is 572. The van der Waals surface area contributed by atoms with Gasteiger partial charge < -0.3 is 15.4 Å². The van der Waals surface area contributed by atoms with Crippen molar-refractivity contribution in [2.45, 2.75) is 43.9 Å². The van der Waals surface area contributed by atoms with Gasteiger partial charge in [0.25, 0.3) is 5.54 Å². The van der Waals surface area contributed by atoms with Crippen molar-refractivity contribution < 1.29 is 9.87 Å². The first kappa shape index (κ1) is 13.3. The van der Waals surface area contributed by atoms with E-state index in [9.17, 15) is 15.2 Å². The van der Waals surface area contributed by atoms with Crippen molar-refractivity contribution in [1.82, 2.24) is 5.06 Å². The molecule has 20 heavy (non-hydrogen) atoms. The van der Waals surface area contributed by atoms with Crippen LogP contribution in [0.25, 0.3) is 5.70 Å². The molecule has 2 unspecified atom stereocenters. The molecule has 1 aliphatic carbocycles. The van der Waals surface area contributed by atoms with Crippen molar-refractivity contribution >= 4 is 5.70 Å². The van der Waals surface area contributed by atoms with Crippen LogP contribution < -0.4 is 0 Å². The zero-order valence-electron chi connectivity index (χ0n) is 11.5. The van der Waals surface area contributed by atoms with Crippen LogP contribution in [0.5, 0.6) is 0 Å². The van der Waals surface area contributed by atoms with Crippen molar-refractivity contribution in [2.24, 2.45) is 0 Å². The van der Waals surface area contributed by atoms with Gasteiger partial charge in [-0.15, -0.1) is 0 Å². The predicted octanol–water partition coefficient (Wildman–Crippen LogP) is 2.60. The first-order valence-electron chi connectivity index (χ1n) is 6.92. The molecule has 106 valence electrons. The van der Waals surface area contributed by atoms with Gasteiger partial charge in [0, 0.05) is 35.0 Å². The minimum absolute atomic E-state index is 0.225. The van der Waals surface area contributed by atoms with Gasteiger partial charge in [0.2, 0.25) is 6.20 Å². The number of aliphatic hydroxyl groups is 1. The lowest BCUT2D eigenvalue weighted by atomic mass is 9.74. The second-order valence-electron chi connectivity index (χ2n) is 5.80. The summed E-state index contributed by atoms with van der Waals surface area (Å²) < 4.78 is 0.767. The lowest BCUT2D eigenvalue weighted by Crippen LogP contribution is -2.68. The van der Waals surface area contributed by atoms with Crippen molar-refractivity contribution in [1.29, 1.82) is 0 Å². The third kappa shape index (κ3) is 1.63. The molecule has 0 bridgehead atoms. The van der Waals surface area contributed by atoms with Crippen molar-refractivity contribution in [3.63, 3.8) is 0 Å². The van der Waals surface area contributed by atoms with E-state index in [1.165, 1.54) is 6.20 Å². The summed E-state index contributed by atoms with van der Waals surface area (Å²) in [5.41, 5.74) is -1.87. The Labute approximate surface area is 117 Å². The van der Waals surface area contributed by atoms with Crippen LogP contribution in [-0.2, 0) is 0 Å². The van der Waals surface area contributed by atoms with E-state index < -0.39 is 11.3 Å². The number of hydrogen-bond acceptors (Lipinski definition) is 4. The van der Waals surface area contributed by atoms with Gasteiger partial charge in [0.05, 0.1) is 0 Å². The van der Waals surface area contributed by atoms with Crippen LogP contribution in [0.3, 0.4) is 0 Å². The van der Waals surface area contributed by atoms with Gasteiger partial charge in [-0.2, -0.15) is 0 Å². The highest BCUT2D eigenvalue weighted by Gasteiger charge is 2.63. The molecule has 1 heterocycles. The number of hydroxylamine groups is 2. The van der Waals surface area contributed by atoms with E-state index in [1.807, 2.05) is 6.07 Å². The van der Waals surface area contributed by atoms with E-state index in [4.69, 9.17) is 0 Å². The van der Waals surface area contributed by atoms with Gasteiger partial charge in [0.15, 0.2) is 5.72 Å². The number of nitrogens with zero attached hydrogens (tertiary/aromatic N) is 2. The SMILES string of the molecule is CC12CCCCC1(O)N([O-])C(c1ccccc1)=C[N+]2=O. The van der Waals surface area contributed by atoms with Gasteiger partial charge in [-0.05, 0) is 12.8 Å². The lowest BCUT2D eigenvalue weighted by Gasteiger charge is -2.54. The minimum Gasteiger partial charge on any atom is -0.756 e. The molecule has 5 nitrogen and oxygen atoms in total. The van der Waals surface area contributed by atoms with Crippen LogP contribution in [0.1, 0.15) is 38.2 Å². The molecule has 0 saturated heterocycles. The van der Waals surface area contributed by atoms with Gasteiger partial charge >= 0.3 is 0 Å². The van der Waals surface area contributed by atoms with Crippen LogP contribution in [0.4, 0.5) is 0 Å². The molecular weight excluding hydrogens is 256 g/mol. The van der Waals surface area contributed by atoms with Gasteiger partial charge in [-0.1, -0.05) is 30.3 Å². The molecule has 1 aliphatic heterocycles. The number of rotatable bonds is 1. The molecule has 2 atom stereocenters. The molecule has 1 aromatic carbocycles. The Hall–Kier alpha value is -1.72. The monoisotopic (exact) mass is 274 g/mol. The molecule has 1 N–H and O–H groups in total. The van der Waals surface area contributed by atoms with Gasteiger partial charge in [-0.3, -0.25) is 0 Å². The summed E-state index contributed by atoms with van der Waals surface area (Å²) in [7, 11) is 0. The molecule has 0 aromatic heterocycles. The second-order valence-corrected chi connectivity index (χ2v) is 5.80. The summed E-state index contributed by atoms with van der Waals surface area (Å²) in [5.74, 6) is 0. The van der Waals surface area contributed by atoms with Gasteiger partial charge in [0.1, 0.15) is 5.70 Å². The van der Waals surface area contributed by atoms with Crippen molar-refractivity contribution in [3.8, 4) is 0 Å². The molecule has 1 fully saturated rings. The number of benzene rings is 1. The second kappa shape index (κ2) is 4.40. The standard InChI is InChI=1S/C15H18N2O3/c1-14-9-5-6-10-15(14,18)17(20)13(11-16(14)19)12-7-3-2-4-8-12/h2-4,7-8,11,18H,5-6,9-10H2,1H3. The molecular formula is C15H18N2O3. The van der Waals surface area contributed by atoms with Crippen LogP contribution in [-0.4, -0.2) is 26.2 Å². The normalized spacial score (nSPS) is 33.6. The van der Waals surface area contributed by atoms with E-state index in [-0.39, 0.29) is 5.70 Å². The fourth-order valence-electron chi connectivity index (χ4n) is 3.22. The average Bonchev–Trinajstić information content (AvgIpc) is 2.46. The smallest absolute Gasteiger partial charge is 0.260 e. The Morgan fingerprint density at radius 1 is 1.25 bits per heavy atom. The van der Waals surface area contributed by atoms with Crippen LogP contribution >= 0.6 is 0 Å². The minimum atomic E-state index is -1.66. The summed E-state index contributed by atoms with van der Waals surface area (Å²) in [6, 6.07) is 8.98. The van der Waals surface area contributed by atoms with E-state index >= 15 is 0 Å².